The summed E-state index contributed by atoms with van der Waals surface area (Å²) >= 11 is 0. The van der Waals surface area contributed by atoms with E-state index in [-0.39, 0.29) is 6.54 Å². The van der Waals surface area contributed by atoms with Gasteiger partial charge in [-0.3, -0.25) is 0 Å². The van der Waals surface area contributed by atoms with Gasteiger partial charge >= 0.3 is 0 Å². The summed E-state index contributed by atoms with van der Waals surface area (Å²) in [6.45, 7) is 3.31. The number of rotatable bonds is 6. The Hall–Kier alpha value is -1.34. The van der Waals surface area contributed by atoms with Gasteiger partial charge in [-0.1, -0.05) is 0 Å². The molecule has 0 radical (unpaired) electrons. The van der Waals surface area contributed by atoms with Crippen LogP contribution in [0.3, 0.4) is 0 Å². The fourth-order valence-corrected chi connectivity index (χ4v) is 1.69. The van der Waals surface area contributed by atoms with Gasteiger partial charge in [0.25, 0.3) is 0 Å². The molecule has 108 valence electrons. The molecule has 0 unspecified atom stereocenters. The van der Waals surface area contributed by atoms with Crippen molar-refractivity contribution >= 4 is 11.4 Å². The lowest BCUT2D eigenvalue weighted by Crippen LogP contribution is -2.42. The molecule has 0 amide bonds. The highest BCUT2D eigenvalue weighted by molar-refractivity contribution is 5.68. The molecule has 1 rings (SSSR count). The molecular weight excluding hydrogens is 248 g/mol. The van der Waals surface area contributed by atoms with Crippen LogP contribution in [0.1, 0.15) is 11.1 Å². The highest BCUT2D eigenvalue weighted by atomic mass is 16.4. The van der Waals surface area contributed by atoms with E-state index in [0.717, 1.165) is 11.1 Å². The molecule has 0 aliphatic carbocycles. The summed E-state index contributed by atoms with van der Waals surface area (Å²) in [4.78, 5) is 0. The molecule has 0 fully saturated rings. The molecule has 0 aromatic heterocycles. The second kappa shape index (κ2) is 6.72. The van der Waals surface area contributed by atoms with Gasteiger partial charge in [-0.05, 0) is 37.1 Å². The summed E-state index contributed by atoms with van der Waals surface area (Å²) in [6.07, 6.45) is -3.98. The molecule has 7 N–H and O–H groups in total. The van der Waals surface area contributed by atoms with Crippen LogP contribution in [-0.4, -0.2) is 51.9 Å². The molecule has 1 aromatic rings. The van der Waals surface area contributed by atoms with Crippen molar-refractivity contribution in [2.24, 2.45) is 0 Å². The van der Waals surface area contributed by atoms with Crippen LogP contribution < -0.4 is 11.1 Å². The Bertz CT molecular complexity index is 425. The van der Waals surface area contributed by atoms with Gasteiger partial charge in [0.2, 0.25) is 0 Å². The minimum absolute atomic E-state index is 0.0188. The number of hydrogen-bond donors (Lipinski definition) is 6. The first-order valence-corrected chi connectivity index (χ1v) is 6.12. The Morgan fingerprint density at radius 2 is 1.68 bits per heavy atom. The Morgan fingerprint density at radius 1 is 1.11 bits per heavy atom. The Kier molecular flexibility index (Phi) is 5.56. The summed E-state index contributed by atoms with van der Waals surface area (Å²) in [5.74, 6) is 0. The van der Waals surface area contributed by atoms with E-state index in [0.29, 0.717) is 11.4 Å². The third-order valence-electron chi connectivity index (χ3n) is 3.14. The van der Waals surface area contributed by atoms with Crippen molar-refractivity contribution in [3.8, 4) is 0 Å². The van der Waals surface area contributed by atoms with E-state index in [1.807, 2.05) is 26.0 Å². The number of aliphatic hydroxyl groups excluding tert-OH is 4. The lowest BCUT2D eigenvalue weighted by Gasteiger charge is -2.22. The number of hydrogen-bond acceptors (Lipinski definition) is 6. The third-order valence-corrected chi connectivity index (χ3v) is 3.14. The van der Waals surface area contributed by atoms with Crippen molar-refractivity contribution in [1.82, 2.24) is 0 Å². The molecule has 0 heterocycles. The van der Waals surface area contributed by atoms with Crippen molar-refractivity contribution in [1.29, 1.82) is 0 Å². The summed E-state index contributed by atoms with van der Waals surface area (Å²) in [5, 5.41) is 40.0. The van der Waals surface area contributed by atoms with E-state index in [1.54, 1.807) is 0 Å². The maximum atomic E-state index is 9.67. The van der Waals surface area contributed by atoms with Crippen molar-refractivity contribution in [3.63, 3.8) is 0 Å². The monoisotopic (exact) mass is 270 g/mol. The summed E-state index contributed by atoms with van der Waals surface area (Å²) in [5.41, 5.74) is 9.18. The highest BCUT2D eigenvalue weighted by Gasteiger charge is 2.23. The second-order valence-electron chi connectivity index (χ2n) is 4.71. The molecule has 0 spiro atoms. The van der Waals surface area contributed by atoms with Crippen LogP contribution in [0.15, 0.2) is 12.1 Å². The van der Waals surface area contributed by atoms with Gasteiger partial charge in [-0.15, -0.1) is 0 Å². The van der Waals surface area contributed by atoms with Gasteiger partial charge in [-0.25, -0.2) is 0 Å². The maximum Gasteiger partial charge on any atom is 0.110 e. The van der Waals surface area contributed by atoms with E-state index in [2.05, 4.69) is 5.32 Å². The van der Waals surface area contributed by atoms with Gasteiger partial charge in [0.1, 0.15) is 12.2 Å². The van der Waals surface area contributed by atoms with Crippen molar-refractivity contribution in [2.75, 3.05) is 24.2 Å². The van der Waals surface area contributed by atoms with Crippen LogP contribution in [0.25, 0.3) is 0 Å². The molecule has 6 nitrogen and oxygen atoms in total. The molecular formula is C13H22N2O4. The lowest BCUT2D eigenvalue weighted by molar-refractivity contribution is -0.0715. The van der Waals surface area contributed by atoms with Gasteiger partial charge in [0.05, 0.1) is 24.1 Å². The largest absolute Gasteiger partial charge is 0.397 e. The molecule has 6 heteroatoms. The van der Waals surface area contributed by atoms with E-state index < -0.39 is 24.9 Å². The second-order valence-corrected chi connectivity index (χ2v) is 4.71. The molecule has 0 saturated heterocycles. The normalized spacial score (nSPS) is 15.9. The maximum absolute atomic E-state index is 9.67. The van der Waals surface area contributed by atoms with E-state index >= 15 is 0 Å². The summed E-state index contributed by atoms with van der Waals surface area (Å²) in [7, 11) is 0. The number of aliphatic hydroxyl groups is 4. The number of nitrogens with one attached hydrogen (secondary N) is 1. The van der Waals surface area contributed by atoms with Crippen LogP contribution in [0.2, 0.25) is 0 Å². The smallest absolute Gasteiger partial charge is 0.110 e. The molecule has 0 saturated carbocycles. The zero-order valence-electron chi connectivity index (χ0n) is 11.2. The van der Waals surface area contributed by atoms with Crippen LogP contribution in [0.5, 0.6) is 0 Å². The third kappa shape index (κ3) is 4.07. The molecule has 1 aromatic carbocycles. The van der Waals surface area contributed by atoms with Crippen molar-refractivity contribution in [2.45, 2.75) is 32.2 Å². The van der Waals surface area contributed by atoms with Crippen LogP contribution in [-0.2, 0) is 0 Å². The number of aryl methyl sites for hydroxylation is 2. The van der Waals surface area contributed by atoms with Crippen LogP contribution in [0.4, 0.5) is 11.4 Å². The minimum atomic E-state index is -1.41. The summed E-state index contributed by atoms with van der Waals surface area (Å²) < 4.78 is 0. The van der Waals surface area contributed by atoms with Crippen LogP contribution in [0, 0.1) is 13.8 Å². The van der Waals surface area contributed by atoms with Gasteiger partial charge in [-0.2, -0.15) is 0 Å². The van der Waals surface area contributed by atoms with Crippen molar-refractivity contribution < 1.29 is 20.4 Å². The quantitative estimate of drug-likeness (QED) is 0.383. The Morgan fingerprint density at radius 3 is 2.26 bits per heavy atom. The minimum Gasteiger partial charge on any atom is -0.397 e. The Labute approximate surface area is 112 Å². The van der Waals surface area contributed by atoms with E-state index in [4.69, 9.17) is 10.8 Å². The highest BCUT2D eigenvalue weighted by Crippen LogP contribution is 2.23. The number of benzene rings is 1. The summed E-state index contributed by atoms with van der Waals surface area (Å²) in [6, 6.07) is 3.68. The first-order valence-electron chi connectivity index (χ1n) is 6.12. The SMILES string of the molecule is Cc1cc(N)c(NC[C@H](O)[C@H](O)[C@H](O)CO)cc1C. The van der Waals surface area contributed by atoms with Crippen LogP contribution >= 0.6 is 0 Å². The molecule has 3 atom stereocenters. The lowest BCUT2D eigenvalue weighted by atomic mass is 10.1. The van der Waals surface area contributed by atoms with E-state index in [1.165, 1.54) is 0 Å². The molecule has 0 bridgehead atoms. The molecule has 19 heavy (non-hydrogen) atoms. The number of anilines is 2. The zero-order valence-corrected chi connectivity index (χ0v) is 11.2. The topological polar surface area (TPSA) is 119 Å². The average Bonchev–Trinajstić information content (AvgIpc) is 2.39. The molecule has 0 aliphatic rings. The van der Waals surface area contributed by atoms with E-state index in [9.17, 15) is 15.3 Å². The number of nitrogens with two attached hydrogens (primary N) is 1. The predicted molar refractivity (Wildman–Crippen MR) is 73.9 cm³/mol. The van der Waals surface area contributed by atoms with Gasteiger partial charge in [0, 0.05) is 6.54 Å². The predicted octanol–water partition coefficient (Wildman–Crippen LogP) is -0.627. The molecule has 0 aliphatic heterocycles. The fraction of sp³-hybridized carbons (Fsp3) is 0.538. The number of nitrogen functional groups attached to an aromatic ring is 1. The first-order chi connectivity index (χ1) is 8.86. The zero-order chi connectivity index (χ0) is 14.6. The standard InChI is InChI=1S/C13H22N2O4/c1-7-3-9(14)10(4-8(7)2)15-5-11(17)13(19)12(18)6-16/h3-4,11-13,15-19H,5-6,14H2,1-2H3/t11-,12+,13-/m0/s1. The first kappa shape index (κ1) is 15.7. The average molecular weight is 270 g/mol. The van der Waals surface area contributed by atoms with Gasteiger partial charge in [0.15, 0.2) is 0 Å². The Balaban J connectivity index is 2.64. The van der Waals surface area contributed by atoms with Gasteiger partial charge < -0.3 is 31.5 Å². The fourth-order valence-electron chi connectivity index (χ4n) is 1.69. The van der Waals surface area contributed by atoms with Crippen molar-refractivity contribution in [3.05, 3.63) is 23.3 Å².